The highest BCUT2D eigenvalue weighted by Crippen LogP contribution is 2.26. The maximum atomic E-state index is 12.3. The number of nitrogens with two attached hydrogens (primary N) is 1. The molecule has 5 heteroatoms. The fourth-order valence-electron chi connectivity index (χ4n) is 2.02. The Balaban J connectivity index is 2.29. The fourth-order valence-corrected chi connectivity index (χ4v) is 2.20. The molecule has 1 amide bonds. The molecule has 0 bridgehead atoms. The zero-order chi connectivity index (χ0) is 16.1. The lowest BCUT2D eigenvalue weighted by molar-refractivity contribution is 0.0954. The van der Waals surface area contributed by atoms with Crippen LogP contribution in [0.3, 0.4) is 0 Å². The standard InChI is InChI=1S/C17H20ClN3O/c1-3-8-20-17(22)14-9-12(19)5-7-16(14)21-13-6-4-11(2)15(18)10-13/h4-7,9-10,21H,3,8,19H2,1-2H3,(H,20,22). The third-order valence-electron chi connectivity index (χ3n) is 3.27. The van der Waals surface area contributed by atoms with Gasteiger partial charge in [0.05, 0.1) is 11.3 Å². The summed E-state index contributed by atoms with van der Waals surface area (Å²) in [6.45, 7) is 4.58. The van der Waals surface area contributed by atoms with Crippen molar-refractivity contribution in [3.8, 4) is 0 Å². The Kier molecular flexibility index (Phi) is 5.28. The van der Waals surface area contributed by atoms with E-state index in [9.17, 15) is 4.79 Å². The average molecular weight is 318 g/mol. The first-order chi connectivity index (χ1) is 10.5. The molecule has 2 aromatic carbocycles. The van der Waals surface area contributed by atoms with Gasteiger partial charge in [-0.15, -0.1) is 0 Å². The number of nitrogens with one attached hydrogen (secondary N) is 2. The zero-order valence-electron chi connectivity index (χ0n) is 12.7. The quantitative estimate of drug-likeness (QED) is 0.727. The summed E-state index contributed by atoms with van der Waals surface area (Å²) in [7, 11) is 0. The monoisotopic (exact) mass is 317 g/mol. The summed E-state index contributed by atoms with van der Waals surface area (Å²) in [6, 6.07) is 10.9. The molecule has 0 aliphatic heterocycles. The van der Waals surface area contributed by atoms with Gasteiger partial charge in [-0.3, -0.25) is 4.79 Å². The van der Waals surface area contributed by atoms with Crippen LogP contribution in [0, 0.1) is 6.92 Å². The van der Waals surface area contributed by atoms with Crippen LogP contribution in [-0.2, 0) is 0 Å². The maximum absolute atomic E-state index is 12.3. The van der Waals surface area contributed by atoms with Crippen molar-refractivity contribution in [3.63, 3.8) is 0 Å². The van der Waals surface area contributed by atoms with E-state index in [0.29, 0.717) is 28.5 Å². The van der Waals surface area contributed by atoms with Gasteiger partial charge in [0.2, 0.25) is 0 Å². The molecular formula is C17H20ClN3O. The molecule has 0 atom stereocenters. The number of carbonyl (C=O) groups excluding carboxylic acids is 1. The third kappa shape index (κ3) is 3.92. The number of amides is 1. The molecule has 4 N–H and O–H groups in total. The smallest absolute Gasteiger partial charge is 0.253 e. The summed E-state index contributed by atoms with van der Waals surface area (Å²) in [4.78, 5) is 12.3. The lowest BCUT2D eigenvalue weighted by Gasteiger charge is -2.13. The third-order valence-corrected chi connectivity index (χ3v) is 3.68. The number of aryl methyl sites for hydroxylation is 1. The molecular weight excluding hydrogens is 298 g/mol. The number of nitrogen functional groups attached to an aromatic ring is 1. The summed E-state index contributed by atoms with van der Waals surface area (Å²) >= 11 is 6.14. The van der Waals surface area contributed by atoms with E-state index in [1.54, 1.807) is 18.2 Å². The second kappa shape index (κ2) is 7.18. The van der Waals surface area contributed by atoms with Gasteiger partial charge in [0.25, 0.3) is 5.91 Å². The number of rotatable bonds is 5. The van der Waals surface area contributed by atoms with E-state index < -0.39 is 0 Å². The van der Waals surface area contributed by atoms with Crippen LogP contribution in [0.25, 0.3) is 0 Å². The molecule has 2 rings (SSSR count). The Labute approximate surface area is 135 Å². The second-order valence-corrected chi connectivity index (χ2v) is 5.56. The SMILES string of the molecule is CCCNC(=O)c1cc(N)ccc1Nc1ccc(C)c(Cl)c1. The first-order valence-electron chi connectivity index (χ1n) is 7.22. The van der Waals surface area contributed by atoms with E-state index in [1.165, 1.54) is 0 Å². The van der Waals surface area contributed by atoms with E-state index in [1.807, 2.05) is 32.0 Å². The summed E-state index contributed by atoms with van der Waals surface area (Å²) in [6.07, 6.45) is 0.879. The Bertz CT molecular complexity index is 686. The van der Waals surface area contributed by atoms with Gasteiger partial charge < -0.3 is 16.4 Å². The number of carbonyl (C=O) groups is 1. The minimum absolute atomic E-state index is 0.144. The number of anilines is 3. The lowest BCUT2D eigenvalue weighted by atomic mass is 10.1. The predicted molar refractivity (Wildman–Crippen MR) is 93.0 cm³/mol. The highest BCUT2D eigenvalue weighted by Gasteiger charge is 2.12. The molecule has 0 fully saturated rings. The van der Waals surface area contributed by atoms with Gasteiger partial charge in [-0.1, -0.05) is 24.6 Å². The highest BCUT2D eigenvalue weighted by atomic mass is 35.5. The largest absolute Gasteiger partial charge is 0.399 e. The summed E-state index contributed by atoms with van der Waals surface area (Å²) in [5, 5.41) is 6.76. The van der Waals surface area contributed by atoms with Crippen LogP contribution in [0.2, 0.25) is 5.02 Å². The predicted octanol–water partition coefficient (Wildman–Crippen LogP) is 4.11. The normalized spacial score (nSPS) is 10.3. The molecule has 2 aromatic rings. The number of hydrogen-bond acceptors (Lipinski definition) is 3. The maximum Gasteiger partial charge on any atom is 0.253 e. The van der Waals surface area contributed by atoms with Crippen LogP contribution in [0.4, 0.5) is 17.1 Å². The van der Waals surface area contributed by atoms with E-state index in [2.05, 4.69) is 10.6 Å². The van der Waals surface area contributed by atoms with Crippen molar-refractivity contribution >= 4 is 34.6 Å². The number of halogens is 1. The van der Waals surface area contributed by atoms with Crippen molar-refractivity contribution < 1.29 is 4.79 Å². The molecule has 116 valence electrons. The van der Waals surface area contributed by atoms with E-state index in [-0.39, 0.29) is 5.91 Å². The van der Waals surface area contributed by atoms with Crippen molar-refractivity contribution in [1.29, 1.82) is 0 Å². The van der Waals surface area contributed by atoms with Crippen molar-refractivity contribution in [2.75, 3.05) is 17.6 Å². The molecule has 4 nitrogen and oxygen atoms in total. The molecule has 0 heterocycles. The molecule has 0 saturated carbocycles. The zero-order valence-corrected chi connectivity index (χ0v) is 13.5. The van der Waals surface area contributed by atoms with E-state index >= 15 is 0 Å². The van der Waals surface area contributed by atoms with E-state index in [4.69, 9.17) is 17.3 Å². The molecule has 0 spiro atoms. The fraction of sp³-hybridized carbons (Fsp3) is 0.235. The minimum Gasteiger partial charge on any atom is -0.399 e. The molecule has 0 aliphatic rings. The van der Waals surface area contributed by atoms with E-state index in [0.717, 1.165) is 17.7 Å². The first kappa shape index (κ1) is 16.2. The topological polar surface area (TPSA) is 67.2 Å². The summed E-state index contributed by atoms with van der Waals surface area (Å²) in [5.74, 6) is -0.144. The molecule has 0 unspecified atom stereocenters. The summed E-state index contributed by atoms with van der Waals surface area (Å²) < 4.78 is 0. The Hall–Kier alpha value is -2.20. The van der Waals surface area contributed by atoms with Crippen molar-refractivity contribution in [1.82, 2.24) is 5.32 Å². The van der Waals surface area contributed by atoms with Crippen LogP contribution >= 0.6 is 11.6 Å². The van der Waals surface area contributed by atoms with Crippen molar-refractivity contribution in [2.45, 2.75) is 20.3 Å². The Morgan fingerprint density at radius 1 is 1.23 bits per heavy atom. The van der Waals surface area contributed by atoms with Crippen molar-refractivity contribution in [2.24, 2.45) is 0 Å². The number of hydrogen-bond donors (Lipinski definition) is 3. The van der Waals surface area contributed by atoms with Crippen LogP contribution in [0.1, 0.15) is 29.3 Å². The van der Waals surface area contributed by atoms with Gasteiger partial charge in [-0.25, -0.2) is 0 Å². The summed E-state index contributed by atoms with van der Waals surface area (Å²) in [5.41, 5.74) is 9.40. The van der Waals surface area contributed by atoms with Crippen LogP contribution in [-0.4, -0.2) is 12.5 Å². The van der Waals surface area contributed by atoms with Gasteiger partial charge in [0.1, 0.15) is 0 Å². The van der Waals surface area contributed by atoms with Gasteiger partial charge in [0, 0.05) is 22.9 Å². The van der Waals surface area contributed by atoms with Crippen molar-refractivity contribution in [3.05, 3.63) is 52.5 Å². The Morgan fingerprint density at radius 2 is 2.00 bits per heavy atom. The van der Waals surface area contributed by atoms with Gasteiger partial charge in [-0.05, 0) is 49.2 Å². The first-order valence-corrected chi connectivity index (χ1v) is 7.60. The molecule has 22 heavy (non-hydrogen) atoms. The van der Waals surface area contributed by atoms with Gasteiger partial charge in [-0.2, -0.15) is 0 Å². The number of benzene rings is 2. The minimum atomic E-state index is -0.144. The molecule has 0 saturated heterocycles. The van der Waals surface area contributed by atoms with Crippen LogP contribution in [0.15, 0.2) is 36.4 Å². The molecule has 0 aromatic heterocycles. The molecule has 0 radical (unpaired) electrons. The average Bonchev–Trinajstić information content (AvgIpc) is 2.50. The Morgan fingerprint density at radius 3 is 2.68 bits per heavy atom. The van der Waals surface area contributed by atoms with Gasteiger partial charge >= 0.3 is 0 Å². The van der Waals surface area contributed by atoms with Crippen LogP contribution < -0.4 is 16.4 Å². The van der Waals surface area contributed by atoms with Crippen LogP contribution in [0.5, 0.6) is 0 Å². The lowest BCUT2D eigenvalue weighted by Crippen LogP contribution is -2.24. The van der Waals surface area contributed by atoms with Gasteiger partial charge in [0.15, 0.2) is 0 Å². The molecule has 0 aliphatic carbocycles. The second-order valence-electron chi connectivity index (χ2n) is 5.15. The highest BCUT2D eigenvalue weighted by molar-refractivity contribution is 6.31.